The van der Waals surface area contributed by atoms with E-state index in [1.165, 1.54) is 11.1 Å². The third kappa shape index (κ3) is 1.33. The molecule has 1 nitrogen and oxygen atoms in total. The first-order valence-corrected chi connectivity index (χ1v) is 5.55. The fourth-order valence-corrected chi connectivity index (χ4v) is 2.41. The summed E-state index contributed by atoms with van der Waals surface area (Å²) >= 11 is 3.46. The molecule has 1 aliphatic rings. The zero-order valence-electron chi connectivity index (χ0n) is 8.65. The molecule has 1 aromatic rings. The molecule has 14 heavy (non-hydrogen) atoms. The van der Waals surface area contributed by atoms with Crippen molar-refractivity contribution in [1.29, 1.82) is 0 Å². The van der Waals surface area contributed by atoms with Gasteiger partial charge < -0.3 is 0 Å². The topological polar surface area (TPSA) is 17.1 Å². The Hall–Kier alpha value is -0.630. The molecule has 0 aliphatic heterocycles. The Morgan fingerprint density at radius 1 is 1.36 bits per heavy atom. The Labute approximate surface area is 92.6 Å². The number of carbonyl (C=O) groups excluding carboxylic acids is 1. The molecule has 1 aromatic carbocycles. The van der Waals surface area contributed by atoms with Gasteiger partial charge in [0.1, 0.15) is 0 Å². The average Bonchev–Trinajstić information content (AvgIpc) is 2.26. The quantitative estimate of drug-likeness (QED) is 0.690. The minimum Gasteiger partial charge on any atom is -0.294 e. The van der Waals surface area contributed by atoms with Gasteiger partial charge in [0, 0.05) is 16.5 Å². The molecular weight excluding hydrogens is 240 g/mol. The van der Waals surface area contributed by atoms with Crippen LogP contribution in [0.2, 0.25) is 0 Å². The maximum atomic E-state index is 11.7. The Morgan fingerprint density at radius 3 is 2.64 bits per heavy atom. The maximum Gasteiger partial charge on any atom is 0.164 e. The Balaban J connectivity index is 2.70. The van der Waals surface area contributed by atoms with Crippen LogP contribution < -0.4 is 0 Å². The van der Waals surface area contributed by atoms with E-state index >= 15 is 0 Å². The molecule has 0 radical (unpaired) electrons. The lowest BCUT2D eigenvalue weighted by Gasteiger charge is -2.18. The van der Waals surface area contributed by atoms with Crippen molar-refractivity contribution in [3.05, 3.63) is 33.3 Å². The van der Waals surface area contributed by atoms with E-state index in [4.69, 9.17) is 0 Å². The number of carbonyl (C=O) groups is 1. The second-order valence-electron chi connectivity index (χ2n) is 4.63. The van der Waals surface area contributed by atoms with Gasteiger partial charge in [0.2, 0.25) is 0 Å². The second-order valence-corrected chi connectivity index (χ2v) is 5.49. The molecule has 0 spiro atoms. The van der Waals surface area contributed by atoms with E-state index in [2.05, 4.69) is 42.8 Å². The molecule has 0 unspecified atom stereocenters. The van der Waals surface area contributed by atoms with Gasteiger partial charge in [0.25, 0.3) is 0 Å². The van der Waals surface area contributed by atoms with E-state index in [1.54, 1.807) is 0 Å². The van der Waals surface area contributed by atoms with Gasteiger partial charge in [-0.1, -0.05) is 35.8 Å². The summed E-state index contributed by atoms with van der Waals surface area (Å²) in [5.41, 5.74) is 3.31. The van der Waals surface area contributed by atoms with Crippen molar-refractivity contribution in [1.82, 2.24) is 0 Å². The predicted molar refractivity (Wildman–Crippen MR) is 60.9 cm³/mol. The number of rotatable bonds is 0. The number of Topliss-reactive ketones (excluding diaryl/α,β-unsaturated/α-hetero) is 1. The monoisotopic (exact) mass is 252 g/mol. The molecule has 2 rings (SSSR count). The van der Waals surface area contributed by atoms with Crippen molar-refractivity contribution in [3.8, 4) is 0 Å². The smallest absolute Gasteiger partial charge is 0.164 e. The average molecular weight is 253 g/mol. The molecule has 0 atom stereocenters. The number of fused-ring (bicyclic) bond motifs is 1. The standard InChI is InChI=1S/C12H13BrO/c1-7-4-9-8(5-10(7)13)11(14)6-12(9,2)3/h4-5H,6H2,1-3H3. The van der Waals surface area contributed by atoms with Crippen molar-refractivity contribution in [2.24, 2.45) is 0 Å². The highest BCUT2D eigenvalue weighted by atomic mass is 79.9. The lowest BCUT2D eigenvalue weighted by atomic mass is 9.86. The fourth-order valence-electron chi connectivity index (χ4n) is 2.06. The van der Waals surface area contributed by atoms with E-state index in [-0.39, 0.29) is 11.2 Å². The highest BCUT2D eigenvalue weighted by molar-refractivity contribution is 9.10. The van der Waals surface area contributed by atoms with E-state index in [9.17, 15) is 4.79 Å². The summed E-state index contributed by atoms with van der Waals surface area (Å²) in [5, 5.41) is 0. The van der Waals surface area contributed by atoms with Crippen LogP contribution in [0.3, 0.4) is 0 Å². The molecular formula is C12H13BrO. The molecule has 0 saturated carbocycles. The minimum atomic E-state index is 0.0118. The van der Waals surface area contributed by atoms with Gasteiger partial charge in [0.15, 0.2) is 5.78 Å². The minimum absolute atomic E-state index is 0.0118. The summed E-state index contributed by atoms with van der Waals surface area (Å²) in [4.78, 5) is 11.7. The van der Waals surface area contributed by atoms with Crippen LogP contribution in [-0.2, 0) is 5.41 Å². The lowest BCUT2D eigenvalue weighted by molar-refractivity contribution is 0.0979. The van der Waals surface area contributed by atoms with Crippen LogP contribution in [0, 0.1) is 6.92 Å². The van der Waals surface area contributed by atoms with Crippen LogP contribution in [0.25, 0.3) is 0 Å². The number of ketones is 1. The number of hydrogen-bond acceptors (Lipinski definition) is 1. The van der Waals surface area contributed by atoms with E-state index < -0.39 is 0 Å². The van der Waals surface area contributed by atoms with Crippen molar-refractivity contribution >= 4 is 21.7 Å². The first kappa shape index (κ1) is 9.91. The zero-order chi connectivity index (χ0) is 10.5. The maximum absolute atomic E-state index is 11.7. The van der Waals surface area contributed by atoms with Gasteiger partial charge in [-0.3, -0.25) is 4.79 Å². The van der Waals surface area contributed by atoms with Crippen LogP contribution in [0.4, 0.5) is 0 Å². The molecule has 0 fully saturated rings. The normalized spacial score (nSPS) is 18.4. The van der Waals surface area contributed by atoms with Crippen LogP contribution >= 0.6 is 15.9 Å². The zero-order valence-corrected chi connectivity index (χ0v) is 10.2. The first-order chi connectivity index (χ1) is 6.42. The summed E-state index contributed by atoms with van der Waals surface area (Å²) in [6.07, 6.45) is 0.637. The van der Waals surface area contributed by atoms with Crippen LogP contribution in [0.1, 0.15) is 41.8 Å². The van der Waals surface area contributed by atoms with Gasteiger partial charge in [-0.15, -0.1) is 0 Å². The number of hydrogen-bond donors (Lipinski definition) is 0. The largest absolute Gasteiger partial charge is 0.294 e. The van der Waals surface area contributed by atoms with Crippen molar-refractivity contribution < 1.29 is 4.79 Å². The fraction of sp³-hybridized carbons (Fsp3) is 0.417. The third-order valence-corrected chi connectivity index (χ3v) is 3.79. The molecule has 2 heteroatoms. The third-order valence-electron chi connectivity index (χ3n) is 2.93. The van der Waals surface area contributed by atoms with Crippen molar-refractivity contribution in [2.45, 2.75) is 32.6 Å². The first-order valence-electron chi connectivity index (χ1n) is 4.75. The van der Waals surface area contributed by atoms with Crippen LogP contribution in [-0.4, -0.2) is 5.78 Å². The number of halogens is 1. The van der Waals surface area contributed by atoms with Gasteiger partial charge in [-0.25, -0.2) is 0 Å². The SMILES string of the molecule is Cc1cc2c(cc1Br)C(=O)CC2(C)C. The second kappa shape index (κ2) is 2.93. The lowest BCUT2D eigenvalue weighted by Crippen LogP contribution is -2.12. The van der Waals surface area contributed by atoms with E-state index in [1.807, 2.05) is 6.07 Å². The number of benzene rings is 1. The van der Waals surface area contributed by atoms with E-state index in [0.29, 0.717) is 6.42 Å². The summed E-state index contributed by atoms with van der Waals surface area (Å²) in [6.45, 7) is 6.32. The molecule has 1 aliphatic carbocycles. The summed E-state index contributed by atoms with van der Waals surface area (Å²) < 4.78 is 1.03. The number of aryl methyl sites for hydroxylation is 1. The van der Waals surface area contributed by atoms with Crippen molar-refractivity contribution in [3.63, 3.8) is 0 Å². The highest BCUT2D eigenvalue weighted by Gasteiger charge is 2.35. The van der Waals surface area contributed by atoms with Crippen LogP contribution in [0.5, 0.6) is 0 Å². The summed E-state index contributed by atoms with van der Waals surface area (Å²) in [5.74, 6) is 0.269. The van der Waals surface area contributed by atoms with E-state index in [0.717, 1.165) is 10.0 Å². The molecule has 0 saturated heterocycles. The summed E-state index contributed by atoms with van der Waals surface area (Å²) in [6, 6.07) is 4.09. The molecule has 0 N–H and O–H groups in total. The summed E-state index contributed by atoms with van der Waals surface area (Å²) in [7, 11) is 0. The Bertz CT molecular complexity index is 419. The highest BCUT2D eigenvalue weighted by Crippen LogP contribution is 2.40. The molecule has 0 heterocycles. The van der Waals surface area contributed by atoms with Crippen LogP contribution in [0.15, 0.2) is 16.6 Å². The molecule has 74 valence electrons. The van der Waals surface area contributed by atoms with Gasteiger partial charge in [-0.2, -0.15) is 0 Å². The Morgan fingerprint density at radius 2 is 2.00 bits per heavy atom. The van der Waals surface area contributed by atoms with Gasteiger partial charge in [-0.05, 0) is 29.5 Å². The predicted octanol–water partition coefficient (Wildman–Crippen LogP) is 3.62. The molecule has 0 amide bonds. The Kier molecular flexibility index (Phi) is 2.07. The van der Waals surface area contributed by atoms with Gasteiger partial charge in [0.05, 0.1) is 0 Å². The van der Waals surface area contributed by atoms with Gasteiger partial charge >= 0.3 is 0 Å². The molecule has 0 bridgehead atoms. The molecule has 0 aromatic heterocycles. The van der Waals surface area contributed by atoms with Crippen molar-refractivity contribution in [2.75, 3.05) is 0 Å².